The standard InChI is InChI=1S/C31H33F3N2O4S/c1-30(2,3)40-28(39)14-15-35(20-37)19-27(38)36-16-13-23-17-21(10-12-26(23)36)9-11-24-18-25(22-7-5-4-6-8-22)29(41-24)31(32,33)34/h4-8,10,12,17-18,20H,9,11,13-16,19H2,1-3H3. The first kappa shape index (κ1) is 30.3. The molecule has 2 aromatic carbocycles. The summed E-state index contributed by atoms with van der Waals surface area (Å²) in [7, 11) is 0. The third kappa shape index (κ3) is 7.97. The quantitative estimate of drug-likeness (QED) is 0.207. The van der Waals surface area contributed by atoms with Gasteiger partial charge in [0.2, 0.25) is 12.3 Å². The van der Waals surface area contributed by atoms with E-state index in [0.29, 0.717) is 42.7 Å². The summed E-state index contributed by atoms with van der Waals surface area (Å²) in [4.78, 5) is 39.5. The van der Waals surface area contributed by atoms with Gasteiger partial charge in [0.15, 0.2) is 0 Å². The third-order valence-electron chi connectivity index (χ3n) is 6.64. The SMILES string of the molecule is CC(C)(C)OC(=O)CCN(C=O)CC(=O)N1CCc2cc(CCc3cc(-c4ccccc4)c(C(F)(F)F)s3)ccc21. The summed E-state index contributed by atoms with van der Waals surface area (Å²) in [5.41, 5.74) is 2.85. The number of amides is 2. The predicted octanol–water partition coefficient (Wildman–Crippen LogP) is 6.30. The Balaban J connectivity index is 1.38. The molecule has 0 bridgehead atoms. The summed E-state index contributed by atoms with van der Waals surface area (Å²) >= 11 is 0.786. The highest BCUT2D eigenvalue weighted by Crippen LogP contribution is 2.43. The van der Waals surface area contributed by atoms with Crippen LogP contribution in [0.5, 0.6) is 0 Å². The summed E-state index contributed by atoms with van der Waals surface area (Å²) in [6, 6.07) is 16.0. The van der Waals surface area contributed by atoms with Gasteiger partial charge in [-0.1, -0.05) is 42.5 Å². The number of benzene rings is 2. The molecule has 0 saturated heterocycles. The Morgan fingerprint density at radius 3 is 2.44 bits per heavy atom. The van der Waals surface area contributed by atoms with Crippen molar-refractivity contribution in [2.24, 2.45) is 0 Å². The van der Waals surface area contributed by atoms with Gasteiger partial charge >= 0.3 is 12.1 Å². The Labute approximate surface area is 241 Å². The number of halogens is 3. The van der Waals surface area contributed by atoms with Crippen molar-refractivity contribution in [3.63, 3.8) is 0 Å². The maximum atomic E-state index is 13.7. The summed E-state index contributed by atoms with van der Waals surface area (Å²) in [6.07, 6.45) is -2.20. The zero-order valence-electron chi connectivity index (χ0n) is 23.3. The molecule has 0 radical (unpaired) electrons. The first-order chi connectivity index (χ1) is 19.3. The second kappa shape index (κ2) is 12.5. The van der Waals surface area contributed by atoms with Gasteiger partial charge in [-0.2, -0.15) is 13.2 Å². The molecule has 10 heteroatoms. The van der Waals surface area contributed by atoms with Crippen molar-refractivity contribution < 1.29 is 32.3 Å². The van der Waals surface area contributed by atoms with Crippen LogP contribution >= 0.6 is 11.3 Å². The lowest BCUT2D eigenvalue weighted by atomic mass is 10.0. The Kier molecular flexibility index (Phi) is 9.21. The van der Waals surface area contributed by atoms with Crippen molar-refractivity contribution in [1.82, 2.24) is 4.90 Å². The maximum absolute atomic E-state index is 13.7. The van der Waals surface area contributed by atoms with Crippen LogP contribution in [0.4, 0.5) is 18.9 Å². The number of carbonyl (C=O) groups excluding carboxylic acids is 3. The summed E-state index contributed by atoms with van der Waals surface area (Å²) in [5, 5.41) is 0. The Morgan fingerprint density at radius 1 is 1.05 bits per heavy atom. The van der Waals surface area contributed by atoms with E-state index in [4.69, 9.17) is 4.74 Å². The molecule has 2 amide bonds. The second-order valence-electron chi connectivity index (χ2n) is 11.0. The lowest BCUT2D eigenvalue weighted by Crippen LogP contribution is -2.40. The molecule has 3 aromatic rings. The van der Waals surface area contributed by atoms with Crippen LogP contribution in [0.25, 0.3) is 11.1 Å². The zero-order valence-corrected chi connectivity index (χ0v) is 24.1. The number of carbonyl (C=O) groups is 3. The van der Waals surface area contributed by atoms with Crippen molar-refractivity contribution in [3.05, 3.63) is 75.5 Å². The molecule has 218 valence electrons. The number of hydrogen-bond donors (Lipinski definition) is 0. The fourth-order valence-electron chi connectivity index (χ4n) is 4.80. The summed E-state index contributed by atoms with van der Waals surface area (Å²) in [6.45, 7) is 5.67. The van der Waals surface area contributed by atoms with Crippen LogP contribution in [-0.2, 0) is 44.6 Å². The van der Waals surface area contributed by atoms with Crippen molar-refractivity contribution in [1.29, 1.82) is 0 Å². The van der Waals surface area contributed by atoms with Crippen molar-refractivity contribution in [2.45, 2.75) is 58.2 Å². The Bertz CT molecular complexity index is 1400. The number of esters is 1. The first-order valence-corrected chi connectivity index (χ1v) is 14.2. The van der Waals surface area contributed by atoms with Gasteiger partial charge in [-0.3, -0.25) is 14.4 Å². The molecule has 0 fully saturated rings. The van der Waals surface area contributed by atoms with E-state index in [1.807, 2.05) is 18.2 Å². The van der Waals surface area contributed by atoms with E-state index < -0.39 is 22.6 Å². The van der Waals surface area contributed by atoms with Crippen LogP contribution in [0.15, 0.2) is 54.6 Å². The largest absolute Gasteiger partial charge is 0.460 e. The highest BCUT2D eigenvalue weighted by atomic mass is 32.1. The lowest BCUT2D eigenvalue weighted by Gasteiger charge is -2.23. The van der Waals surface area contributed by atoms with Gasteiger partial charge in [0.05, 0.1) is 13.0 Å². The van der Waals surface area contributed by atoms with Crippen molar-refractivity contribution in [3.8, 4) is 11.1 Å². The number of alkyl halides is 3. The average molecular weight is 587 g/mol. The normalized spacial score (nSPS) is 13.2. The number of hydrogen-bond acceptors (Lipinski definition) is 5. The molecule has 0 atom stereocenters. The monoisotopic (exact) mass is 586 g/mol. The fourth-order valence-corrected chi connectivity index (χ4v) is 5.85. The van der Waals surface area contributed by atoms with E-state index in [-0.39, 0.29) is 31.0 Å². The van der Waals surface area contributed by atoms with E-state index in [9.17, 15) is 27.6 Å². The maximum Gasteiger partial charge on any atom is 0.426 e. The molecule has 4 rings (SSSR count). The van der Waals surface area contributed by atoms with E-state index in [0.717, 1.165) is 28.2 Å². The molecule has 1 aliphatic heterocycles. The number of aryl methyl sites for hydroxylation is 2. The van der Waals surface area contributed by atoms with Gasteiger partial charge in [0, 0.05) is 29.2 Å². The molecular weight excluding hydrogens is 553 g/mol. The zero-order chi connectivity index (χ0) is 29.8. The molecule has 1 aliphatic rings. The molecule has 0 unspecified atom stereocenters. The van der Waals surface area contributed by atoms with Gasteiger partial charge in [-0.05, 0) is 68.9 Å². The first-order valence-electron chi connectivity index (χ1n) is 13.4. The predicted molar refractivity (Wildman–Crippen MR) is 153 cm³/mol. The van der Waals surface area contributed by atoms with Gasteiger partial charge in [-0.15, -0.1) is 11.3 Å². The average Bonchev–Trinajstić information content (AvgIpc) is 3.54. The number of rotatable bonds is 10. The van der Waals surface area contributed by atoms with E-state index in [2.05, 4.69) is 0 Å². The van der Waals surface area contributed by atoms with Crippen LogP contribution in [0.2, 0.25) is 0 Å². The highest BCUT2D eigenvalue weighted by molar-refractivity contribution is 7.12. The molecular formula is C31H33F3N2O4S. The number of anilines is 1. The highest BCUT2D eigenvalue weighted by Gasteiger charge is 2.36. The molecule has 41 heavy (non-hydrogen) atoms. The van der Waals surface area contributed by atoms with Gasteiger partial charge in [0.1, 0.15) is 10.5 Å². The fraction of sp³-hybridized carbons (Fsp3) is 0.387. The van der Waals surface area contributed by atoms with Gasteiger partial charge in [0.25, 0.3) is 0 Å². The molecule has 0 saturated carbocycles. The number of ether oxygens (including phenoxy) is 1. The minimum atomic E-state index is -4.42. The lowest BCUT2D eigenvalue weighted by molar-refractivity contribution is -0.155. The van der Waals surface area contributed by atoms with E-state index in [1.165, 1.54) is 4.90 Å². The smallest absolute Gasteiger partial charge is 0.426 e. The molecule has 0 aliphatic carbocycles. The van der Waals surface area contributed by atoms with Crippen LogP contribution in [0, 0.1) is 0 Å². The minimum absolute atomic E-state index is 0.00914. The van der Waals surface area contributed by atoms with Crippen LogP contribution in [-0.4, -0.2) is 48.4 Å². The Morgan fingerprint density at radius 2 is 1.78 bits per heavy atom. The van der Waals surface area contributed by atoms with E-state index >= 15 is 0 Å². The molecule has 0 spiro atoms. The topological polar surface area (TPSA) is 66.9 Å². The van der Waals surface area contributed by atoms with Gasteiger partial charge < -0.3 is 14.5 Å². The molecule has 2 heterocycles. The van der Waals surface area contributed by atoms with Gasteiger partial charge in [-0.25, -0.2) is 0 Å². The molecule has 6 nitrogen and oxygen atoms in total. The van der Waals surface area contributed by atoms with E-state index in [1.54, 1.807) is 62.1 Å². The van der Waals surface area contributed by atoms with Crippen LogP contribution < -0.4 is 4.90 Å². The minimum Gasteiger partial charge on any atom is -0.460 e. The third-order valence-corrected chi connectivity index (χ3v) is 7.88. The van der Waals surface area contributed by atoms with Crippen molar-refractivity contribution >= 4 is 35.3 Å². The van der Waals surface area contributed by atoms with Crippen LogP contribution in [0.3, 0.4) is 0 Å². The van der Waals surface area contributed by atoms with Crippen LogP contribution in [0.1, 0.15) is 48.1 Å². The van der Waals surface area contributed by atoms with Crippen molar-refractivity contribution in [2.75, 3.05) is 24.5 Å². The molecule has 0 N–H and O–H groups in total. The Hall–Kier alpha value is -3.66. The second-order valence-corrected chi connectivity index (χ2v) is 12.1. The summed E-state index contributed by atoms with van der Waals surface area (Å²) in [5.74, 6) is -0.691. The number of fused-ring (bicyclic) bond motifs is 1. The molecule has 1 aromatic heterocycles. The summed E-state index contributed by atoms with van der Waals surface area (Å²) < 4.78 is 46.5. The number of nitrogens with zero attached hydrogens (tertiary/aromatic N) is 2. The number of thiophene rings is 1.